The molecule has 2 rings (SSSR count). The molecule has 1 aliphatic rings. The van der Waals surface area contributed by atoms with Crippen molar-refractivity contribution in [2.75, 3.05) is 30.8 Å². The van der Waals surface area contributed by atoms with Gasteiger partial charge in [0, 0.05) is 13.1 Å². The van der Waals surface area contributed by atoms with Crippen molar-refractivity contribution < 1.29 is 9.53 Å². The number of methoxy groups -OCH3 is 1. The van der Waals surface area contributed by atoms with Crippen molar-refractivity contribution in [3.05, 3.63) is 10.9 Å². The lowest BCUT2D eigenvalue weighted by Crippen LogP contribution is -2.21. The maximum atomic E-state index is 11.5. The molecule has 0 atom stereocenters. The minimum atomic E-state index is -0.350. The molecular formula is C12H18N2O2S. The summed E-state index contributed by atoms with van der Waals surface area (Å²) in [6.07, 6.45) is 1.17. The van der Waals surface area contributed by atoms with Crippen molar-refractivity contribution in [3.8, 4) is 0 Å². The molecule has 0 aromatic carbocycles. The van der Waals surface area contributed by atoms with E-state index in [9.17, 15) is 4.79 Å². The number of carbonyl (C=O) groups excluding carboxylic acids is 1. The number of hydrogen-bond acceptors (Lipinski definition) is 5. The van der Waals surface area contributed by atoms with Gasteiger partial charge in [-0.15, -0.1) is 11.3 Å². The van der Waals surface area contributed by atoms with Crippen molar-refractivity contribution in [1.82, 2.24) is 0 Å². The molecule has 2 N–H and O–H groups in total. The van der Waals surface area contributed by atoms with E-state index in [1.54, 1.807) is 0 Å². The predicted molar refractivity (Wildman–Crippen MR) is 70.7 cm³/mol. The molecule has 1 fully saturated rings. The van der Waals surface area contributed by atoms with Crippen LogP contribution in [0.5, 0.6) is 0 Å². The molecule has 0 aliphatic carbocycles. The second-order valence-electron chi connectivity index (χ2n) is 5.20. The standard InChI is InChI=1S/C12H18N2O2S/c1-12(2)4-5-14(7-12)9-6-8(13)10(17-9)11(15)16-3/h6H,4-5,7,13H2,1-3H3. The summed E-state index contributed by atoms with van der Waals surface area (Å²) < 4.78 is 4.71. The lowest BCUT2D eigenvalue weighted by Gasteiger charge is -2.19. The summed E-state index contributed by atoms with van der Waals surface area (Å²) >= 11 is 1.42. The van der Waals surface area contributed by atoms with E-state index in [2.05, 4.69) is 18.7 Å². The number of rotatable bonds is 2. The van der Waals surface area contributed by atoms with Crippen LogP contribution in [0.4, 0.5) is 10.7 Å². The summed E-state index contributed by atoms with van der Waals surface area (Å²) in [7, 11) is 1.38. The molecule has 0 bridgehead atoms. The predicted octanol–water partition coefficient (Wildman–Crippen LogP) is 2.35. The van der Waals surface area contributed by atoms with Crippen LogP contribution in [0.15, 0.2) is 6.07 Å². The number of thiophene rings is 1. The fraction of sp³-hybridized carbons (Fsp3) is 0.583. The Labute approximate surface area is 105 Å². The average molecular weight is 254 g/mol. The van der Waals surface area contributed by atoms with E-state index in [1.807, 2.05) is 6.07 Å². The molecule has 0 unspecified atom stereocenters. The van der Waals surface area contributed by atoms with E-state index in [4.69, 9.17) is 10.5 Å². The van der Waals surface area contributed by atoms with E-state index in [0.29, 0.717) is 16.0 Å². The summed E-state index contributed by atoms with van der Waals surface area (Å²) in [5, 5.41) is 1.06. The molecule has 2 heterocycles. The van der Waals surface area contributed by atoms with Crippen LogP contribution in [0, 0.1) is 5.41 Å². The third-order valence-corrected chi connectivity index (χ3v) is 4.30. The Hall–Kier alpha value is -1.23. The Morgan fingerprint density at radius 3 is 2.82 bits per heavy atom. The number of nitrogen functional groups attached to an aromatic ring is 1. The Morgan fingerprint density at radius 2 is 2.29 bits per heavy atom. The normalized spacial score (nSPS) is 18.4. The number of nitrogens with zero attached hydrogens (tertiary/aromatic N) is 1. The highest BCUT2D eigenvalue weighted by Gasteiger charge is 2.30. The summed E-state index contributed by atoms with van der Waals surface area (Å²) in [5.74, 6) is -0.350. The molecule has 0 spiro atoms. The van der Waals surface area contributed by atoms with E-state index < -0.39 is 0 Å². The molecule has 1 aromatic heterocycles. The van der Waals surface area contributed by atoms with E-state index >= 15 is 0 Å². The van der Waals surface area contributed by atoms with Gasteiger partial charge in [0.25, 0.3) is 0 Å². The first-order chi connectivity index (χ1) is 7.93. The van der Waals surface area contributed by atoms with E-state index in [0.717, 1.165) is 18.1 Å². The van der Waals surface area contributed by atoms with Gasteiger partial charge in [-0.1, -0.05) is 13.8 Å². The smallest absolute Gasteiger partial charge is 0.350 e. The van der Waals surface area contributed by atoms with Crippen LogP contribution in [0.2, 0.25) is 0 Å². The Bertz CT molecular complexity index is 440. The van der Waals surface area contributed by atoms with Crippen LogP contribution in [-0.4, -0.2) is 26.2 Å². The molecule has 4 nitrogen and oxygen atoms in total. The van der Waals surface area contributed by atoms with Gasteiger partial charge in [-0.05, 0) is 17.9 Å². The molecule has 0 radical (unpaired) electrons. The minimum absolute atomic E-state index is 0.337. The molecule has 1 aromatic rings. The zero-order chi connectivity index (χ0) is 12.6. The van der Waals surface area contributed by atoms with Gasteiger partial charge in [0.2, 0.25) is 0 Å². The Balaban J connectivity index is 2.21. The van der Waals surface area contributed by atoms with Gasteiger partial charge in [0.15, 0.2) is 0 Å². The van der Waals surface area contributed by atoms with Gasteiger partial charge in [0.05, 0.1) is 17.8 Å². The minimum Gasteiger partial charge on any atom is -0.465 e. The molecule has 0 amide bonds. The van der Waals surface area contributed by atoms with Gasteiger partial charge in [0.1, 0.15) is 4.88 Å². The maximum absolute atomic E-state index is 11.5. The molecule has 5 heteroatoms. The third kappa shape index (κ3) is 2.39. The third-order valence-electron chi connectivity index (χ3n) is 3.11. The van der Waals surface area contributed by atoms with E-state index in [1.165, 1.54) is 24.9 Å². The monoisotopic (exact) mass is 254 g/mol. The van der Waals surface area contributed by atoms with Crippen LogP contribution in [0.1, 0.15) is 29.9 Å². The fourth-order valence-electron chi connectivity index (χ4n) is 2.10. The highest BCUT2D eigenvalue weighted by atomic mass is 32.1. The van der Waals surface area contributed by atoms with Crippen LogP contribution in [-0.2, 0) is 4.74 Å². The highest BCUT2D eigenvalue weighted by Crippen LogP contribution is 2.38. The Kier molecular flexibility index (Phi) is 3.03. The van der Waals surface area contributed by atoms with Crippen LogP contribution >= 0.6 is 11.3 Å². The van der Waals surface area contributed by atoms with Crippen molar-refractivity contribution >= 4 is 28.0 Å². The quantitative estimate of drug-likeness (QED) is 0.823. The van der Waals surface area contributed by atoms with Crippen molar-refractivity contribution in [1.29, 1.82) is 0 Å². The average Bonchev–Trinajstić information content (AvgIpc) is 2.80. The van der Waals surface area contributed by atoms with Gasteiger partial charge >= 0.3 is 5.97 Å². The lowest BCUT2D eigenvalue weighted by atomic mass is 9.93. The summed E-state index contributed by atoms with van der Waals surface area (Å²) in [4.78, 5) is 14.3. The number of carbonyl (C=O) groups is 1. The van der Waals surface area contributed by atoms with Gasteiger partial charge < -0.3 is 15.4 Å². The lowest BCUT2D eigenvalue weighted by molar-refractivity contribution is 0.0607. The number of nitrogens with two attached hydrogens (primary N) is 1. The van der Waals surface area contributed by atoms with E-state index in [-0.39, 0.29) is 5.97 Å². The number of esters is 1. The largest absolute Gasteiger partial charge is 0.465 e. The first-order valence-electron chi connectivity index (χ1n) is 5.65. The van der Waals surface area contributed by atoms with Gasteiger partial charge in [-0.3, -0.25) is 0 Å². The van der Waals surface area contributed by atoms with Crippen molar-refractivity contribution in [2.24, 2.45) is 5.41 Å². The number of hydrogen-bond donors (Lipinski definition) is 1. The molecule has 0 saturated carbocycles. The van der Waals surface area contributed by atoms with Gasteiger partial charge in [-0.2, -0.15) is 0 Å². The van der Waals surface area contributed by atoms with Crippen molar-refractivity contribution in [3.63, 3.8) is 0 Å². The summed E-state index contributed by atoms with van der Waals surface area (Å²) in [5.41, 5.74) is 6.69. The molecule has 1 saturated heterocycles. The SMILES string of the molecule is COC(=O)c1sc(N2CCC(C)(C)C2)cc1N. The summed E-state index contributed by atoms with van der Waals surface area (Å²) in [6, 6.07) is 1.87. The molecule has 94 valence electrons. The zero-order valence-corrected chi connectivity index (χ0v) is 11.3. The fourth-order valence-corrected chi connectivity index (χ4v) is 3.12. The molecule has 1 aliphatic heterocycles. The van der Waals surface area contributed by atoms with Crippen LogP contribution < -0.4 is 10.6 Å². The highest BCUT2D eigenvalue weighted by molar-refractivity contribution is 7.18. The zero-order valence-electron chi connectivity index (χ0n) is 10.4. The van der Waals surface area contributed by atoms with Crippen molar-refractivity contribution in [2.45, 2.75) is 20.3 Å². The molecular weight excluding hydrogens is 236 g/mol. The molecule has 17 heavy (non-hydrogen) atoms. The topological polar surface area (TPSA) is 55.6 Å². The summed E-state index contributed by atoms with van der Waals surface area (Å²) in [6.45, 7) is 6.54. The first kappa shape index (κ1) is 12.2. The first-order valence-corrected chi connectivity index (χ1v) is 6.47. The van der Waals surface area contributed by atoms with Crippen LogP contribution in [0.3, 0.4) is 0 Å². The number of ether oxygens (including phenoxy) is 1. The second kappa shape index (κ2) is 4.22. The second-order valence-corrected chi connectivity index (χ2v) is 6.23. The van der Waals surface area contributed by atoms with Crippen LogP contribution in [0.25, 0.3) is 0 Å². The number of anilines is 2. The maximum Gasteiger partial charge on any atom is 0.350 e. The Morgan fingerprint density at radius 1 is 1.59 bits per heavy atom. The van der Waals surface area contributed by atoms with Gasteiger partial charge in [-0.25, -0.2) is 4.79 Å².